The van der Waals surface area contributed by atoms with Crippen LogP contribution in [0.3, 0.4) is 0 Å². The highest BCUT2D eigenvalue weighted by atomic mass is 16.5. The molecule has 1 rings (SSSR count). The van der Waals surface area contributed by atoms with Crippen LogP contribution >= 0.6 is 0 Å². The lowest BCUT2D eigenvalue weighted by atomic mass is 10.1. The summed E-state index contributed by atoms with van der Waals surface area (Å²) < 4.78 is 5.57. The number of rotatable bonds is 7. The lowest BCUT2D eigenvalue weighted by Crippen LogP contribution is -2.33. The van der Waals surface area contributed by atoms with Gasteiger partial charge < -0.3 is 9.84 Å². The number of likely N-dealkylation sites (tertiary alicyclic amines) is 1. The van der Waals surface area contributed by atoms with Crippen molar-refractivity contribution in [1.82, 2.24) is 4.90 Å². The Morgan fingerprint density at radius 1 is 1.47 bits per heavy atom. The molecule has 1 saturated heterocycles. The highest BCUT2D eigenvalue weighted by molar-refractivity contribution is 4.78. The Bertz CT molecular complexity index is 162. The number of hydrogen-bond donors (Lipinski definition) is 1. The average molecular weight is 215 g/mol. The van der Waals surface area contributed by atoms with E-state index in [-0.39, 0.29) is 0 Å². The fourth-order valence-electron chi connectivity index (χ4n) is 2.25. The SMILES string of the molecule is CC(C)OCCN1CCCC1CCCO. The third kappa shape index (κ3) is 4.96. The quantitative estimate of drug-likeness (QED) is 0.701. The predicted molar refractivity (Wildman–Crippen MR) is 62.0 cm³/mol. The molecule has 0 bridgehead atoms. The van der Waals surface area contributed by atoms with Crippen LogP contribution < -0.4 is 0 Å². The van der Waals surface area contributed by atoms with E-state index in [0.29, 0.717) is 18.8 Å². The first-order valence-electron chi connectivity index (χ1n) is 6.20. The van der Waals surface area contributed by atoms with Crippen molar-refractivity contribution in [2.24, 2.45) is 0 Å². The van der Waals surface area contributed by atoms with E-state index in [2.05, 4.69) is 18.7 Å². The molecule has 0 aromatic rings. The van der Waals surface area contributed by atoms with Crippen LogP contribution in [0.25, 0.3) is 0 Å². The van der Waals surface area contributed by atoms with Gasteiger partial charge in [0.15, 0.2) is 0 Å². The number of hydrogen-bond acceptors (Lipinski definition) is 3. The van der Waals surface area contributed by atoms with Gasteiger partial charge in [0.25, 0.3) is 0 Å². The number of aliphatic hydroxyl groups is 1. The van der Waals surface area contributed by atoms with Gasteiger partial charge in [-0.2, -0.15) is 0 Å². The normalized spacial score (nSPS) is 22.8. The van der Waals surface area contributed by atoms with Gasteiger partial charge in [-0.3, -0.25) is 4.90 Å². The molecule has 0 aromatic carbocycles. The molecule has 0 amide bonds. The van der Waals surface area contributed by atoms with Gasteiger partial charge in [0.1, 0.15) is 0 Å². The van der Waals surface area contributed by atoms with Crippen molar-refractivity contribution in [2.75, 3.05) is 26.3 Å². The summed E-state index contributed by atoms with van der Waals surface area (Å²) in [5.74, 6) is 0. The van der Waals surface area contributed by atoms with Gasteiger partial charge in [-0.25, -0.2) is 0 Å². The van der Waals surface area contributed by atoms with Crippen molar-refractivity contribution in [3.63, 3.8) is 0 Å². The standard InChI is InChI=1S/C12H25NO2/c1-11(2)15-10-8-13-7-3-5-12(13)6-4-9-14/h11-12,14H,3-10H2,1-2H3. The Morgan fingerprint density at radius 2 is 2.27 bits per heavy atom. The summed E-state index contributed by atoms with van der Waals surface area (Å²) in [6.07, 6.45) is 5.01. The molecule has 0 spiro atoms. The summed E-state index contributed by atoms with van der Waals surface area (Å²) in [7, 11) is 0. The smallest absolute Gasteiger partial charge is 0.0597 e. The molecule has 3 nitrogen and oxygen atoms in total. The van der Waals surface area contributed by atoms with Crippen molar-refractivity contribution in [1.29, 1.82) is 0 Å². The first-order valence-corrected chi connectivity index (χ1v) is 6.20. The Kier molecular flexibility index (Phi) is 6.22. The fraction of sp³-hybridized carbons (Fsp3) is 1.00. The monoisotopic (exact) mass is 215 g/mol. The molecule has 15 heavy (non-hydrogen) atoms. The topological polar surface area (TPSA) is 32.7 Å². The Labute approximate surface area is 93.4 Å². The average Bonchev–Trinajstić information content (AvgIpc) is 2.62. The maximum absolute atomic E-state index is 8.82. The summed E-state index contributed by atoms with van der Waals surface area (Å²) in [4.78, 5) is 2.51. The van der Waals surface area contributed by atoms with Crippen molar-refractivity contribution >= 4 is 0 Å². The maximum Gasteiger partial charge on any atom is 0.0597 e. The molecule has 3 heteroatoms. The number of nitrogens with zero attached hydrogens (tertiary/aromatic N) is 1. The zero-order valence-corrected chi connectivity index (χ0v) is 10.1. The largest absolute Gasteiger partial charge is 0.396 e. The summed E-state index contributed by atoms with van der Waals surface area (Å²) >= 11 is 0. The van der Waals surface area contributed by atoms with Crippen molar-refractivity contribution in [3.8, 4) is 0 Å². The van der Waals surface area contributed by atoms with E-state index in [1.165, 1.54) is 19.4 Å². The number of ether oxygens (including phenoxy) is 1. The molecule has 0 radical (unpaired) electrons. The molecule has 1 unspecified atom stereocenters. The summed E-state index contributed by atoms with van der Waals surface area (Å²) in [5.41, 5.74) is 0. The predicted octanol–water partition coefficient (Wildman–Crippen LogP) is 1.65. The molecule has 1 aliphatic rings. The Balaban J connectivity index is 2.15. The first-order chi connectivity index (χ1) is 7.24. The van der Waals surface area contributed by atoms with Crippen LogP contribution in [0.1, 0.15) is 39.5 Å². The van der Waals surface area contributed by atoms with Crippen LogP contribution in [-0.2, 0) is 4.74 Å². The summed E-state index contributed by atoms with van der Waals surface area (Å²) in [6, 6.07) is 0.688. The fourth-order valence-corrected chi connectivity index (χ4v) is 2.25. The Hall–Kier alpha value is -0.120. The lowest BCUT2D eigenvalue weighted by Gasteiger charge is -2.24. The molecule has 90 valence electrons. The van der Waals surface area contributed by atoms with Crippen LogP contribution in [0.2, 0.25) is 0 Å². The molecule has 1 heterocycles. The summed E-state index contributed by atoms with van der Waals surface area (Å²) in [5, 5.41) is 8.82. The van der Waals surface area contributed by atoms with Crippen LogP contribution in [0.4, 0.5) is 0 Å². The molecular weight excluding hydrogens is 190 g/mol. The van der Waals surface area contributed by atoms with Crippen LogP contribution in [0.15, 0.2) is 0 Å². The minimum atomic E-state index is 0.326. The summed E-state index contributed by atoms with van der Waals surface area (Å²) in [6.45, 7) is 7.58. The lowest BCUT2D eigenvalue weighted by molar-refractivity contribution is 0.0550. The van der Waals surface area contributed by atoms with Crippen molar-refractivity contribution < 1.29 is 9.84 Å². The first kappa shape index (κ1) is 12.9. The Morgan fingerprint density at radius 3 is 2.93 bits per heavy atom. The number of aliphatic hydroxyl groups excluding tert-OH is 1. The third-order valence-electron chi connectivity index (χ3n) is 3.02. The van der Waals surface area contributed by atoms with E-state index >= 15 is 0 Å². The molecular formula is C12H25NO2. The molecule has 0 saturated carbocycles. The van der Waals surface area contributed by atoms with E-state index in [4.69, 9.17) is 9.84 Å². The van der Waals surface area contributed by atoms with E-state index in [1.807, 2.05) is 0 Å². The van der Waals surface area contributed by atoms with Gasteiger partial charge in [0.2, 0.25) is 0 Å². The van der Waals surface area contributed by atoms with E-state index in [0.717, 1.165) is 26.0 Å². The molecule has 1 aliphatic heterocycles. The molecule has 0 aromatic heterocycles. The van der Waals surface area contributed by atoms with Crippen LogP contribution in [0, 0.1) is 0 Å². The second kappa shape index (κ2) is 7.20. The molecule has 1 N–H and O–H groups in total. The van der Waals surface area contributed by atoms with Gasteiger partial charge in [0.05, 0.1) is 12.7 Å². The molecule has 1 fully saturated rings. The van der Waals surface area contributed by atoms with E-state index < -0.39 is 0 Å². The zero-order valence-electron chi connectivity index (χ0n) is 10.1. The second-order valence-corrected chi connectivity index (χ2v) is 4.62. The zero-order chi connectivity index (χ0) is 11.1. The minimum absolute atomic E-state index is 0.326. The highest BCUT2D eigenvalue weighted by Crippen LogP contribution is 2.20. The highest BCUT2D eigenvalue weighted by Gasteiger charge is 2.23. The van der Waals surface area contributed by atoms with Crippen LogP contribution in [0.5, 0.6) is 0 Å². The molecule has 1 atom stereocenters. The van der Waals surface area contributed by atoms with E-state index in [1.54, 1.807) is 0 Å². The van der Waals surface area contributed by atoms with Gasteiger partial charge in [0, 0.05) is 19.2 Å². The van der Waals surface area contributed by atoms with Gasteiger partial charge in [-0.15, -0.1) is 0 Å². The second-order valence-electron chi connectivity index (χ2n) is 4.62. The van der Waals surface area contributed by atoms with Gasteiger partial charge in [-0.05, 0) is 46.1 Å². The van der Waals surface area contributed by atoms with Crippen LogP contribution in [-0.4, -0.2) is 48.5 Å². The van der Waals surface area contributed by atoms with E-state index in [9.17, 15) is 0 Å². The third-order valence-corrected chi connectivity index (χ3v) is 3.02. The van der Waals surface area contributed by atoms with Gasteiger partial charge >= 0.3 is 0 Å². The maximum atomic E-state index is 8.82. The van der Waals surface area contributed by atoms with Crippen molar-refractivity contribution in [3.05, 3.63) is 0 Å². The van der Waals surface area contributed by atoms with Crippen molar-refractivity contribution in [2.45, 2.75) is 51.7 Å². The van der Waals surface area contributed by atoms with Gasteiger partial charge in [-0.1, -0.05) is 0 Å². The minimum Gasteiger partial charge on any atom is -0.396 e. The molecule has 0 aliphatic carbocycles.